The number of hydrogen-bond donors (Lipinski definition) is 0. The minimum Gasteiger partial charge on any atom is -0.0955 e. The van der Waals surface area contributed by atoms with Gasteiger partial charge in [-0.1, -0.05) is 81.5 Å². The van der Waals surface area contributed by atoms with Crippen LogP contribution in [0.15, 0.2) is 55.1 Å². The number of hydrogen-bond acceptors (Lipinski definition) is 0. The average Bonchev–Trinajstić information content (AvgIpc) is 2.47. The first-order valence-electron chi connectivity index (χ1n) is 8.20. The standard InChI is InChI=1S/C22H28/c1-17(2)19-12-14-21(15-13-19)20-10-8-18(9-11-20)7-6-16-22(3,4)5/h8-15H,1,6-7,16H2,2-5H3. The summed E-state index contributed by atoms with van der Waals surface area (Å²) in [5.74, 6) is 0. The zero-order valence-electron chi connectivity index (χ0n) is 14.4. The van der Waals surface area contributed by atoms with Crippen molar-refractivity contribution in [1.29, 1.82) is 0 Å². The fourth-order valence-corrected chi connectivity index (χ4v) is 2.63. The van der Waals surface area contributed by atoms with E-state index < -0.39 is 0 Å². The molecule has 0 heterocycles. The summed E-state index contributed by atoms with van der Waals surface area (Å²) in [6.45, 7) is 13.0. The Morgan fingerprint density at radius 3 is 1.82 bits per heavy atom. The molecular formula is C22H28. The van der Waals surface area contributed by atoms with Gasteiger partial charge in [0.2, 0.25) is 0 Å². The van der Waals surface area contributed by atoms with Crippen LogP contribution in [0.3, 0.4) is 0 Å². The van der Waals surface area contributed by atoms with Crippen molar-refractivity contribution in [3.05, 3.63) is 66.2 Å². The molecular weight excluding hydrogens is 264 g/mol. The molecule has 0 atom stereocenters. The van der Waals surface area contributed by atoms with Gasteiger partial charge < -0.3 is 0 Å². The van der Waals surface area contributed by atoms with Crippen molar-refractivity contribution < 1.29 is 0 Å². The van der Waals surface area contributed by atoms with Gasteiger partial charge in [-0.3, -0.25) is 0 Å². The number of allylic oxidation sites excluding steroid dienone is 1. The van der Waals surface area contributed by atoms with Crippen molar-refractivity contribution in [2.45, 2.75) is 47.0 Å². The smallest absolute Gasteiger partial charge is 0.0184 e. The Bertz CT molecular complexity index is 607. The summed E-state index contributed by atoms with van der Waals surface area (Å²) in [4.78, 5) is 0. The molecule has 0 heteroatoms. The lowest BCUT2D eigenvalue weighted by atomic mass is 9.89. The van der Waals surface area contributed by atoms with Crippen molar-refractivity contribution in [2.75, 3.05) is 0 Å². The zero-order chi connectivity index (χ0) is 16.2. The van der Waals surface area contributed by atoms with Crippen LogP contribution in [0.5, 0.6) is 0 Å². The second-order valence-electron chi connectivity index (χ2n) is 7.47. The Balaban J connectivity index is 2.00. The van der Waals surface area contributed by atoms with Crippen LogP contribution in [0, 0.1) is 5.41 Å². The molecule has 0 aliphatic carbocycles. The van der Waals surface area contributed by atoms with E-state index >= 15 is 0 Å². The summed E-state index contributed by atoms with van der Waals surface area (Å²) < 4.78 is 0. The molecule has 0 radical (unpaired) electrons. The van der Waals surface area contributed by atoms with Crippen LogP contribution in [0.25, 0.3) is 16.7 Å². The number of aryl methyl sites for hydroxylation is 1. The van der Waals surface area contributed by atoms with Crippen molar-refractivity contribution >= 4 is 5.57 Å². The molecule has 0 unspecified atom stereocenters. The molecule has 116 valence electrons. The molecule has 0 aliphatic rings. The Morgan fingerprint density at radius 1 is 0.864 bits per heavy atom. The monoisotopic (exact) mass is 292 g/mol. The maximum Gasteiger partial charge on any atom is -0.0184 e. The van der Waals surface area contributed by atoms with Crippen LogP contribution in [-0.4, -0.2) is 0 Å². The Morgan fingerprint density at radius 2 is 1.36 bits per heavy atom. The largest absolute Gasteiger partial charge is 0.0955 e. The lowest BCUT2D eigenvalue weighted by molar-refractivity contribution is 0.365. The molecule has 0 aromatic heterocycles. The van der Waals surface area contributed by atoms with Crippen LogP contribution < -0.4 is 0 Å². The highest BCUT2D eigenvalue weighted by Gasteiger charge is 2.09. The summed E-state index contributed by atoms with van der Waals surface area (Å²) in [5.41, 5.74) is 6.75. The van der Waals surface area contributed by atoms with Crippen LogP contribution in [-0.2, 0) is 6.42 Å². The second-order valence-corrected chi connectivity index (χ2v) is 7.47. The van der Waals surface area contributed by atoms with E-state index in [0.29, 0.717) is 5.41 Å². The van der Waals surface area contributed by atoms with E-state index in [9.17, 15) is 0 Å². The molecule has 0 fully saturated rings. The van der Waals surface area contributed by atoms with Gasteiger partial charge in [0, 0.05) is 0 Å². The zero-order valence-corrected chi connectivity index (χ0v) is 14.4. The highest BCUT2D eigenvalue weighted by molar-refractivity contribution is 5.68. The summed E-state index contributed by atoms with van der Waals surface area (Å²) in [5, 5.41) is 0. The molecule has 0 nitrogen and oxygen atoms in total. The summed E-state index contributed by atoms with van der Waals surface area (Å²) in [6.07, 6.45) is 3.71. The molecule has 2 aromatic carbocycles. The highest BCUT2D eigenvalue weighted by Crippen LogP contribution is 2.24. The third-order valence-electron chi connectivity index (χ3n) is 4.06. The summed E-state index contributed by atoms with van der Waals surface area (Å²) in [6, 6.07) is 17.7. The lowest BCUT2D eigenvalue weighted by Gasteiger charge is -2.17. The summed E-state index contributed by atoms with van der Waals surface area (Å²) in [7, 11) is 0. The quantitative estimate of drug-likeness (QED) is 0.571. The molecule has 0 saturated carbocycles. The Labute approximate surface area is 135 Å². The fraction of sp³-hybridized carbons (Fsp3) is 0.364. The third-order valence-corrected chi connectivity index (χ3v) is 4.06. The maximum atomic E-state index is 3.99. The van der Waals surface area contributed by atoms with E-state index in [1.54, 1.807) is 0 Å². The van der Waals surface area contributed by atoms with E-state index in [-0.39, 0.29) is 0 Å². The van der Waals surface area contributed by atoms with Crippen LogP contribution in [0.4, 0.5) is 0 Å². The van der Waals surface area contributed by atoms with Gasteiger partial charge in [-0.05, 0) is 53.9 Å². The molecule has 0 N–H and O–H groups in total. The highest BCUT2D eigenvalue weighted by atomic mass is 14.1. The predicted molar refractivity (Wildman–Crippen MR) is 99.0 cm³/mol. The minimum absolute atomic E-state index is 0.435. The Hall–Kier alpha value is -1.82. The van der Waals surface area contributed by atoms with Crippen LogP contribution in [0.1, 0.15) is 51.7 Å². The Kier molecular flexibility index (Phi) is 5.24. The van der Waals surface area contributed by atoms with Gasteiger partial charge in [0.1, 0.15) is 0 Å². The first-order chi connectivity index (χ1) is 10.3. The van der Waals surface area contributed by atoms with Gasteiger partial charge in [-0.2, -0.15) is 0 Å². The predicted octanol–water partition coefficient (Wildman–Crippen LogP) is 6.76. The lowest BCUT2D eigenvalue weighted by Crippen LogP contribution is -2.04. The topological polar surface area (TPSA) is 0 Å². The summed E-state index contributed by atoms with van der Waals surface area (Å²) >= 11 is 0. The van der Waals surface area contributed by atoms with Gasteiger partial charge in [0.25, 0.3) is 0 Å². The van der Waals surface area contributed by atoms with Crippen LogP contribution in [0.2, 0.25) is 0 Å². The molecule has 0 spiro atoms. The van der Waals surface area contributed by atoms with Crippen molar-refractivity contribution in [2.24, 2.45) is 5.41 Å². The molecule has 2 rings (SSSR count). The van der Waals surface area contributed by atoms with Crippen molar-refractivity contribution in [3.8, 4) is 11.1 Å². The minimum atomic E-state index is 0.435. The fourth-order valence-electron chi connectivity index (χ4n) is 2.63. The molecule has 0 saturated heterocycles. The molecule has 0 aliphatic heterocycles. The third kappa shape index (κ3) is 4.87. The molecule has 0 amide bonds. The van der Waals surface area contributed by atoms with E-state index in [2.05, 4.69) is 75.9 Å². The number of benzene rings is 2. The van der Waals surface area contributed by atoms with Gasteiger partial charge >= 0.3 is 0 Å². The molecule has 22 heavy (non-hydrogen) atoms. The van der Waals surface area contributed by atoms with Gasteiger partial charge in [-0.15, -0.1) is 0 Å². The van der Waals surface area contributed by atoms with E-state index in [1.807, 2.05) is 6.92 Å². The average molecular weight is 292 g/mol. The maximum absolute atomic E-state index is 3.99. The first kappa shape index (κ1) is 16.5. The molecule has 2 aromatic rings. The normalized spacial score (nSPS) is 11.5. The molecule has 0 bridgehead atoms. The van der Waals surface area contributed by atoms with Crippen molar-refractivity contribution in [1.82, 2.24) is 0 Å². The number of rotatable bonds is 5. The van der Waals surface area contributed by atoms with E-state index in [0.717, 1.165) is 5.57 Å². The van der Waals surface area contributed by atoms with E-state index in [4.69, 9.17) is 0 Å². The SMILES string of the molecule is C=C(C)c1ccc(-c2ccc(CCCC(C)(C)C)cc2)cc1. The van der Waals surface area contributed by atoms with Gasteiger partial charge in [0.15, 0.2) is 0 Å². The van der Waals surface area contributed by atoms with Crippen molar-refractivity contribution in [3.63, 3.8) is 0 Å². The first-order valence-corrected chi connectivity index (χ1v) is 8.20. The van der Waals surface area contributed by atoms with Gasteiger partial charge in [-0.25, -0.2) is 0 Å². The van der Waals surface area contributed by atoms with E-state index in [1.165, 1.54) is 41.5 Å². The van der Waals surface area contributed by atoms with Crippen LogP contribution >= 0.6 is 0 Å². The second kappa shape index (κ2) is 6.96. The van der Waals surface area contributed by atoms with Gasteiger partial charge in [0.05, 0.1) is 0 Å².